The molecule has 0 aliphatic rings. The second-order valence-corrected chi connectivity index (χ2v) is 6.15. The van der Waals surface area contributed by atoms with Gasteiger partial charge in [-0.2, -0.15) is 10.2 Å². The summed E-state index contributed by atoms with van der Waals surface area (Å²) < 4.78 is 6.59. The summed E-state index contributed by atoms with van der Waals surface area (Å²) in [5, 5.41) is 20.4. The number of ether oxygens (including phenoxy) is 1. The molecule has 1 unspecified atom stereocenters. The van der Waals surface area contributed by atoms with Gasteiger partial charge in [-0.1, -0.05) is 0 Å². The highest BCUT2D eigenvalue weighted by Gasteiger charge is 2.24. The first kappa shape index (κ1) is 17.2. The molecular formula is C15H17N5O4. The zero-order chi connectivity index (χ0) is 17.9. The summed E-state index contributed by atoms with van der Waals surface area (Å²) in [6.45, 7) is 5.06. The molecule has 9 heteroatoms. The first-order valence-electron chi connectivity index (χ1n) is 7.14. The third-order valence-corrected chi connectivity index (χ3v) is 2.91. The van der Waals surface area contributed by atoms with Crippen molar-refractivity contribution in [1.29, 1.82) is 5.26 Å². The maximum atomic E-state index is 11.8. The Morgan fingerprint density at radius 2 is 2.17 bits per heavy atom. The SMILES string of the molecule is CC(C)(C)OC(=O)NC(Cc1cnc2nc(C#N)cn2c1)C(=O)O. The van der Waals surface area contributed by atoms with Gasteiger partial charge in [0.2, 0.25) is 5.78 Å². The fourth-order valence-corrected chi connectivity index (χ4v) is 1.97. The maximum Gasteiger partial charge on any atom is 0.408 e. The lowest BCUT2D eigenvalue weighted by Gasteiger charge is -2.22. The largest absolute Gasteiger partial charge is 0.480 e. The average Bonchev–Trinajstić information content (AvgIpc) is 2.86. The topological polar surface area (TPSA) is 130 Å². The highest BCUT2D eigenvalue weighted by Crippen LogP contribution is 2.09. The molecule has 2 aromatic rings. The molecule has 1 atom stereocenters. The fraction of sp³-hybridized carbons (Fsp3) is 0.400. The monoisotopic (exact) mass is 331 g/mol. The second-order valence-electron chi connectivity index (χ2n) is 6.15. The Morgan fingerprint density at radius 3 is 2.75 bits per heavy atom. The number of carbonyl (C=O) groups is 2. The number of aliphatic carboxylic acids is 1. The van der Waals surface area contributed by atoms with Gasteiger partial charge >= 0.3 is 12.1 Å². The molecule has 24 heavy (non-hydrogen) atoms. The third-order valence-electron chi connectivity index (χ3n) is 2.91. The number of hydrogen-bond acceptors (Lipinski definition) is 6. The van der Waals surface area contributed by atoms with Crippen molar-refractivity contribution < 1.29 is 19.4 Å². The zero-order valence-electron chi connectivity index (χ0n) is 13.5. The number of carboxylic acid groups (broad SMARTS) is 1. The predicted molar refractivity (Wildman–Crippen MR) is 82.2 cm³/mol. The standard InChI is InChI=1S/C15H17N5O4/c1-15(2,3)24-14(23)19-11(12(21)22)4-9-6-17-13-18-10(5-16)8-20(13)7-9/h6-8,11H,4H2,1-3H3,(H,19,23)(H,21,22). The van der Waals surface area contributed by atoms with E-state index in [9.17, 15) is 14.7 Å². The van der Waals surface area contributed by atoms with Crippen LogP contribution in [0.3, 0.4) is 0 Å². The number of hydrogen-bond donors (Lipinski definition) is 2. The van der Waals surface area contributed by atoms with Crippen LogP contribution in [0.5, 0.6) is 0 Å². The van der Waals surface area contributed by atoms with Crippen LogP contribution in [0.4, 0.5) is 4.79 Å². The number of amides is 1. The summed E-state index contributed by atoms with van der Waals surface area (Å²) in [5.41, 5.74) is 0.0483. The quantitative estimate of drug-likeness (QED) is 0.858. The normalized spacial score (nSPS) is 12.4. The second kappa shape index (κ2) is 6.54. The van der Waals surface area contributed by atoms with Crippen LogP contribution in [0.1, 0.15) is 32.0 Å². The molecule has 2 heterocycles. The molecular weight excluding hydrogens is 314 g/mol. The van der Waals surface area contributed by atoms with E-state index in [4.69, 9.17) is 10.00 Å². The first-order chi connectivity index (χ1) is 11.2. The van der Waals surface area contributed by atoms with E-state index in [1.165, 1.54) is 16.8 Å². The highest BCUT2D eigenvalue weighted by molar-refractivity contribution is 5.80. The van der Waals surface area contributed by atoms with Gasteiger partial charge in [-0.3, -0.25) is 4.40 Å². The Hall–Kier alpha value is -3.15. The lowest BCUT2D eigenvalue weighted by molar-refractivity contribution is -0.139. The Kier molecular flexibility index (Phi) is 4.69. The van der Waals surface area contributed by atoms with Gasteiger partial charge in [0.25, 0.3) is 0 Å². The molecule has 0 radical (unpaired) electrons. The van der Waals surface area contributed by atoms with E-state index >= 15 is 0 Å². The minimum absolute atomic E-state index is 0.0115. The molecule has 2 aromatic heterocycles. The van der Waals surface area contributed by atoms with Crippen molar-refractivity contribution >= 4 is 17.8 Å². The van der Waals surface area contributed by atoms with E-state index in [0.717, 1.165) is 0 Å². The molecule has 2 N–H and O–H groups in total. The van der Waals surface area contributed by atoms with Gasteiger partial charge in [0.15, 0.2) is 5.69 Å². The predicted octanol–water partition coefficient (Wildman–Crippen LogP) is 1.12. The number of rotatable bonds is 4. The molecule has 0 fully saturated rings. The van der Waals surface area contributed by atoms with Gasteiger partial charge in [-0.25, -0.2) is 14.6 Å². The minimum atomic E-state index is -1.19. The maximum absolute atomic E-state index is 11.8. The molecule has 1 amide bonds. The molecule has 0 aliphatic heterocycles. The summed E-state index contributed by atoms with van der Waals surface area (Å²) in [4.78, 5) is 31.1. The van der Waals surface area contributed by atoms with Gasteiger partial charge < -0.3 is 15.2 Å². The molecule has 2 rings (SSSR count). The smallest absolute Gasteiger partial charge is 0.408 e. The lowest BCUT2D eigenvalue weighted by Crippen LogP contribution is -2.44. The number of carbonyl (C=O) groups excluding carboxylic acids is 1. The van der Waals surface area contributed by atoms with Crippen LogP contribution < -0.4 is 5.32 Å². The molecule has 0 saturated heterocycles. The van der Waals surface area contributed by atoms with E-state index in [1.54, 1.807) is 27.0 Å². The summed E-state index contributed by atoms with van der Waals surface area (Å²) >= 11 is 0. The van der Waals surface area contributed by atoms with Crippen molar-refractivity contribution in [2.75, 3.05) is 0 Å². The van der Waals surface area contributed by atoms with Crippen LogP contribution in [0.25, 0.3) is 5.78 Å². The van der Waals surface area contributed by atoms with Crippen molar-refractivity contribution in [3.8, 4) is 6.07 Å². The van der Waals surface area contributed by atoms with Crippen molar-refractivity contribution in [2.45, 2.75) is 38.8 Å². The van der Waals surface area contributed by atoms with Crippen LogP contribution >= 0.6 is 0 Å². The Labute approximate surface area is 137 Å². The van der Waals surface area contributed by atoms with Gasteiger partial charge in [0, 0.05) is 25.0 Å². The molecule has 0 saturated carbocycles. The Morgan fingerprint density at radius 1 is 1.46 bits per heavy atom. The lowest BCUT2D eigenvalue weighted by atomic mass is 10.1. The number of nitrogens with one attached hydrogen (secondary N) is 1. The zero-order valence-corrected chi connectivity index (χ0v) is 13.5. The van der Waals surface area contributed by atoms with Crippen LogP contribution in [-0.2, 0) is 16.0 Å². The third kappa shape index (κ3) is 4.42. The van der Waals surface area contributed by atoms with Crippen molar-refractivity contribution in [3.63, 3.8) is 0 Å². The van der Waals surface area contributed by atoms with Gasteiger partial charge in [0.05, 0.1) is 0 Å². The number of carboxylic acids is 1. The van der Waals surface area contributed by atoms with E-state index in [1.807, 2.05) is 6.07 Å². The molecule has 0 bridgehead atoms. The molecule has 0 spiro atoms. The summed E-state index contributed by atoms with van der Waals surface area (Å²) in [7, 11) is 0. The van der Waals surface area contributed by atoms with E-state index < -0.39 is 23.7 Å². The van der Waals surface area contributed by atoms with Gasteiger partial charge in [-0.05, 0) is 26.3 Å². The number of fused-ring (bicyclic) bond motifs is 1. The number of imidazole rings is 1. The van der Waals surface area contributed by atoms with Gasteiger partial charge in [-0.15, -0.1) is 0 Å². The average molecular weight is 331 g/mol. The summed E-state index contributed by atoms with van der Waals surface area (Å²) in [6.07, 6.45) is 3.76. The summed E-state index contributed by atoms with van der Waals surface area (Å²) in [6, 6.07) is 0.735. The van der Waals surface area contributed by atoms with Crippen molar-refractivity contribution in [2.24, 2.45) is 0 Å². The Balaban J connectivity index is 2.14. The number of nitriles is 1. The van der Waals surface area contributed by atoms with Gasteiger partial charge in [0.1, 0.15) is 17.7 Å². The van der Waals surface area contributed by atoms with E-state index in [-0.39, 0.29) is 12.1 Å². The molecule has 9 nitrogen and oxygen atoms in total. The molecule has 0 aromatic carbocycles. The minimum Gasteiger partial charge on any atom is -0.480 e. The van der Waals surface area contributed by atoms with E-state index in [2.05, 4.69) is 15.3 Å². The van der Waals surface area contributed by atoms with Crippen LogP contribution in [0.2, 0.25) is 0 Å². The fourth-order valence-electron chi connectivity index (χ4n) is 1.97. The van der Waals surface area contributed by atoms with E-state index in [0.29, 0.717) is 11.3 Å². The van der Waals surface area contributed by atoms with Crippen LogP contribution in [0, 0.1) is 11.3 Å². The molecule has 0 aliphatic carbocycles. The number of nitrogens with zero attached hydrogens (tertiary/aromatic N) is 4. The van der Waals surface area contributed by atoms with Crippen LogP contribution in [0.15, 0.2) is 18.6 Å². The molecule has 126 valence electrons. The highest BCUT2D eigenvalue weighted by atomic mass is 16.6. The number of alkyl carbamates (subject to hydrolysis) is 1. The van der Waals surface area contributed by atoms with Crippen molar-refractivity contribution in [3.05, 3.63) is 29.8 Å². The Bertz CT molecular complexity index is 815. The number of aromatic nitrogens is 3. The summed E-state index contributed by atoms with van der Waals surface area (Å²) in [5.74, 6) is -0.855. The first-order valence-corrected chi connectivity index (χ1v) is 7.14. The van der Waals surface area contributed by atoms with Crippen molar-refractivity contribution in [1.82, 2.24) is 19.7 Å². The van der Waals surface area contributed by atoms with Crippen LogP contribution in [-0.4, -0.2) is 43.2 Å².